The van der Waals surface area contributed by atoms with Crippen LogP contribution in [-0.2, 0) is 14.8 Å². The summed E-state index contributed by atoms with van der Waals surface area (Å²) >= 11 is 5.90. The van der Waals surface area contributed by atoms with Crippen molar-refractivity contribution in [3.05, 3.63) is 58.6 Å². The molecule has 25 heavy (non-hydrogen) atoms. The Bertz CT molecular complexity index is 952. The number of nitrogens with one attached hydrogen (secondary N) is 1. The van der Waals surface area contributed by atoms with Crippen LogP contribution in [0.25, 0.3) is 0 Å². The molecule has 0 radical (unpaired) electrons. The minimum Gasteiger partial charge on any atom is -0.323 e. The van der Waals surface area contributed by atoms with Crippen LogP contribution in [0.15, 0.2) is 42.5 Å². The molecule has 2 rings (SSSR count). The van der Waals surface area contributed by atoms with E-state index in [0.717, 1.165) is 10.6 Å². The van der Waals surface area contributed by atoms with Gasteiger partial charge in [-0.2, -0.15) is 5.26 Å². The van der Waals surface area contributed by atoms with Crippen molar-refractivity contribution in [1.29, 1.82) is 5.26 Å². The number of hydrogen-bond acceptors (Lipinski definition) is 4. The topological polar surface area (TPSA) is 90.3 Å². The Labute approximate surface area is 151 Å². The van der Waals surface area contributed by atoms with Gasteiger partial charge in [-0.3, -0.25) is 9.10 Å². The van der Waals surface area contributed by atoms with Gasteiger partial charge in [-0.15, -0.1) is 0 Å². The highest BCUT2D eigenvalue weighted by molar-refractivity contribution is 7.92. The van der Waals surface area contributed by atoms with Gasteiger partial charge in [-0.25, -0.2) is 8.42 Å². The lowest BCUT2D eigenvalue weighted by Gasteiger charge is -2.23. The molecule has 1 amide bonds. The zero-order chi connectivity index (χ0) is 18.6. The quantitative estimate of drug-likeness (QED) is 0.867. The number of carbonyl (C=O) groups excluding carboxylic acids is 1. The summed E-state index contributed by atoms with van der Waals surface area (Å²) in [5.41, 5.74) is 1.62. The normalized spacial score (nSPS) is 10.8. The number of rotatable bonds is 5. The largest absolute Gasteiger partial charge is 0.323 e. The Balaban J connectivity index is 2.29. The third-order valence-electron chi connectivity index (χ3n) is 3.44. The maximum Gasteiger partial charge on any atom is 0.245 e. The van der Waals surface area contributed by atoms with Crippen LogP contribution in [0.5, 0.6) is 0 Å². The molecular formula is C17H16ClN3O3S. The second kappa shape index (κ2) is 7.55. The van der Waals surface area contributed by atoms with Crippen LogP contribution in [0.2, 0.25) is 5.02 Å². The molecule has 0 spiro atoms. The van der Waals surface area contributed by atoms with Gasteiger partial charge in [0, 0.05) is 5.02 Å². The number of carbonyl (C=O) groups is 1. The maximum absolute atomic E-state index is 12.3. The molecule has 1 N–H and O–H groups in total. The van der Waals surface area contributed by atoms with Gasteiger partial charge in [0.2, 0.25) is 15.9 Å². The zero-order valence-electron chi connectivity index (χ0n) is 13.7. The maximum atomic E-state index is 12.3. The number of halogens is 1. The zero-order valence-corrected chi connectivity index (χ0v) is 15.2. The number of hydrogen-bond donors (Lipinski definition) is 1. The summed E-state index contributed by atoms with van der Waals surface area (Å²) < 4.78 is 25.3. The van der Waals surface area contributed by atoms with Crippen LogP contribution in [0.4, 0.5) is 11.4 Å². The molecule has 6 nitrogen and oxygen atoms in total. The Morgan fingerprint density at radius 1 is 1.28 bits per heavy atom. The van der Waals surface area contributed by atoms with E-state index in [-0.39, 0.29) is 0 Å². The molecule has 0 atom stereocenters. The molecular weight excluding hydrogens is 362 g/mol. The molecule has 0 saturated carbocycles. The summed E-state index contributed by atoms with van der Waals surface area (Å²) in [7, 11) is -3.69. The number of amides is 1. The third-order valence-corrected chi connectivity index (χ3v) is 4.80. The lowest BCUT2D eigenvalue weighted by Crippen LogP contribution is -2.38. The van der Waals surface area contributed by atoms with Gasteiger partial charge in [0.15, 0.2) is 0 Å². The van der Waals surface area contributed by atoms with E-state index < -0.39 is 22.5 Å². The van der Waals surface area contributed by atoms with E-state index in [4.69, 9.17) is 16.9 Å². The van der Waals surface area contributed by atoms with E-state index in [9.17, 15) is 13.2 Å². The summed E-state index contributed by atoms with van der Waals surface area (Å²) in [5, 5.41) is 12.1. The first-order valence-electron chi connectivity index (χ1n) is 7.25. The van der Waals surface area contributed by atoms with Crippen LogP contribution >= 0.6 is 11.6 Å². The number of anilines is 2. The van der Waals surface area contributed by atoms with Crippen molar-refractivity contribution in [1.82, 2.24) is 0 Å². The number of para-hydroxylation sites is 1. The fourth-order valence-corrected chi connectivity index (χ4v) is 3.43. The van der Waals surface area contributed by atoms with E-state index in [1.807, 2.05) is 6.07 Å². The molecule has 0 aliphatic rings. The first kappa shape index (κ1) is 18.8. The highest BCUT2D eigenvalue weighted by Gasteiger charge is 2.22. The SMILES string of the molecule is Cc1cc(Cl)ccc1N(CC(=O)Nc1ccccc1C#N)S(C)(=O)=O. The number of nitrogens with zero attached hydrogens (tertiary/aromatic N) is 2. The minimum atomic E-state index is -3.69. The number of sulfonamides is 1. The molecule has 2 aromatic carbocycles. The van der Waals surface area contributed by atoms with Crippen molar-refractivity contribution in [3.8, 4) is 6.07 Å². The summed E-state index contributed by atoms with van der Waals surface area (Å²) in [6, 6.07) is 13.2. The minimum absolute atomic E-state index is 0.296. The lowest BCUT2D eigenvalue weighted by atomic mass is 10.2. The van der Waals surface area contributed by atoms with Gasteiger partial charge < -0.3 is 5.32 Å². The summed E-state index contributed by atoms with van der Waals surface area (Å²) in [6.07, 6.45) is 1.03. The van der Waals surface area contributed by atoms with Crippen molar-refractivity contribution in [2.75, 3.05) is 22.4 Å². The molecule has 2 aromatic rings. The highest BCUT2D eigenvalue weighted by Crippen LogP contribution is 2.25. The molecule has 0 aromatic heterocycles. The Morgan fingerprint density at radius 3 is 2.56 bits per heavy atom. The molecule has 0 fully saturated rings. The van der Waals surface area contributed by atoms with E-state index in [2.05, 4.69) is 5.32 Å². The number of nitriles is 1. The standard InChI is InChI=1S/C17H16ClN3O3S/c1-12-9-14(18)7-8-16(12)21(25(2,23)24)11-17(22)20-15-6-4-3-5-13(15)10-19/h3-9H,11H2,1-2H3,(H,20,22). The second-order valence-electron chi connectivity index (χ2n) is 5.41. The number of benzene rings is 2. The molecule has 0 bridgehead atoms. The van der Waals surface area contributed by atoms with Crippen LogP contribution in [0, 0.1) is 18.3 Å². The van der Waals surface area contributed by atoms with Gasteiger partial charge in [0.25, 0.3) is 0 Å². The van der Waals surface area contributed by atoms with Gasteiger partial charge in [0.1, 0.15) is 12.6 Å². The van der Waals surface area contributed by atoms with Crippen LogP contribution in [0.1, 0.15) is 11.1 Å². The fourth-order valence-electron chi connectivity index (χ4n) is 2.29. The summed E-state index contributed by atoms with van der Waals surface area (Å²) in [6.45, 7) is 1.29. The van der Waals surface area contributed by atoms with E-state index >= 15 is 0 Å². The van der Waals surface area contributed by atoms with Crippen LogP contribution in [-0.4, -0.2) is 27.1 Å². The van der Waals surface area contributed by atoms with Gasteiger partial charge in [-0.1, -0.05) is 23.7 Å². The Morgan fingerprint density at radius 2 is 1.96 bits per heavy atom. The Hall–Kier alpha value is -2.56. The molecule has 130 valence electrons. The third kappa shape index (κ3) is 4.72. The molecule has 0 saturated heterocycles. The van der Waals surface area contributed by atoms with E-state index in [0.29, 0.717) is 27.5 Å². The van der Waals surface area contributed by atoms with Crippen LogP contribution < -0.4 is 9.62 Å². The first-order chi connectivity index (χ1) is 11.7. The fraction of sp³-hybridized carbons (Fsp3) is 0.176. The first-order valence-corrected chi connectivity index (χ1v) is 9.48. The van der Waals surface area contributed by atoms with Gasteiger partial charge >= 0.3 is 0 Å². The predicted molar refractivity (Wildman–Crippen MR) is 98.2 cm³/mol. The molecule has 0 aliphatic heterocycles. The van der Waals surface area contributed by atoms with Crippen molar-refractivity contribution in [3.63, 3.8) is 0 Å². The second-order valence-corrected chi connectivity index (χ2v) is 7.75. The highest BCUT2D eigenvalue weighted by atomic mass is 35.5. The van der Waals surface area contributed by atoms with Crippen molar-refractivity contribution in [2.45, 2.75) is 6.92 Å². The lowest BCUT2D eigenvalue weighted by molar-refractivity contribution is -0.114. The number of aryl methyl sites for hydroxylation is 1. The van der Waals surface area contributed by atoms with Gasteiger partial charge in [-0.05, 0) is 42.8 Å². The van der Waals surface area contributed by atoms with Crippen LogP contribution in [0.3, 0.4) is 0 Å². The van der Waals surface area contributed by atoms with Crippen molar-refractivity contribution in [2.24, 2.45) is 0 Å². The molecule has 0 heterocycles. The smallest absolute Gasteiger partial charge is 0.245 e. The Kier molecular flexibility index (Phi) is 5.67. The molecule has 0 aliphatic carbocycles. The van der Waals surface area contributed by atoms with Crippen molar-refractivity contribution < 1.29 is 13.2 Å². The monoisotopic (exact) mass is 377 g/mol. The summed E-state index contributed by atoms with van der Waals surface area (Å²) in [4.78, 5) is 12.3. The van der Waals surface area contributed by atoms with Crippen molar-refractivity contribution >= 4 is 38.9 Å². The predicted octanol–water partition coefficient (Wildman–Crippen LogP) is 2.92. The summed E-state index contributed by atoms with van der Waals surface area (Å²) in [5.74, 6) is -0.553. The molecule has 0 unspecified atom stereocenters. The average Bonchev–Trinajstić information content (AvgIpc) is 2.53. The molecule has 8 heteroatoms. The van der Waals surface area contributed by atoms with Gasteiger partial charge in [0.05, 0.1) is 23.2 Å². The van der Waals surface area contributed by atoms with E-state index in [1.54, 1.807) is 49.4 Å². The average molecular weight is 378 g/mol. The van der Waals surface area contributed by atoms with E-state index in [1.165, 1.54) is 0 Å².